The average Bonchev–Trinajstić information content (AvgIpc) is 1.85. The van der Waals surface area contributed by atoms with E-state index in [9.17, 15) is 0 Å². The van der Waals surface area contributed by atoms with Crippen LogP contribution in [0.25, 0.3) is 0 Å². The SMILES string of the molecule is CC.CC(C)(C)C.CCCC(C)(C)C. The van der Waals surface area contributed by atoms with E-state index in [1.807, 2.05) is 13.8 Å². The summed E-state index contributed by atoms with van der Waals surface area (Å²) >= 11 is 0. The Labute approximate surface area is 93.5 Å². The van der Waals surface area contributed by atoms with E-state index < -0.39 is 0 Å². The van der Waals surface area contributed by atoms with Gasteiger partial charge < -0.3 is 0 Å². The molecule has 0 radical (unpaired) electrons. The van der Waals surface area contributed by atoms with E-state index >= 15 is 0 Å². The fourth-order valence-corrected chi connectivity index (χ4v) is 0.750. The molecule has 0 nitrogen and oxygen atoms in total. The maximum atomic E-state index is 2.27. The highest BCUT2D eigenvalue weighted by atomic mass is 14.1. The summed E-state index contributed by atoms with van der Waals surface area (Å²) in [5.74, 6) is 0. The molecule has 0 saturated carbocycles. The summed E-state index contributed by atoms with van der Waals surface area (Å²) < 4.78 is 0. The Morgan fingerprint density at radius 3 is 0.929 bits per heavy atom. The van der Waals surface area contributed by atoms with E-state index in [2.05, 4.69) is 55.4 Å². The molecule has 90 valence electrons. The van der Waals surface area contributed by atoms with Gasteiger partial charge in [-0.05, 0) is 17.3 Å². The van der Waals surface area contributed by atoms with E-state index in [0.717, 1.165) is 0 Å². The van der Waals surface area contributed by atoms with Crippen LogP contribution in [-0.4, -0.2) is 0 Å². The van der Waals surface area contributed by atoms with Crippen LogP contribution in [-0.2, 0) is 0 Å². The Balaban J connectivity index is -0.000000152. The summed E-state index contributed by atoms with van der Waals surface area (Å²) in [5, 5.41) is 0. The van der Waals surface area contributed by atoms with Gasteiger partial charge in [0.25, 0.3) is 0 Å². The van der Waals surface area contributed by atoms with Crippen molar-refractivity contribution in [2.24, 2.45) is 10.8 Å². The molecule has 0 aliphatic heterocycles. The van der Waals surface area contributed by atoms with Crippen LogP contribution in [0.3, 0.4) is 0 Å². The highest BCUT2D eigenvalue weighted by Gasteiger charge is 2.06. The molecular formula is C14H34. The average molecular weight is 202 g/mol. The smallest absolute Gasteiger partial charge is 0.0383 e. The van der Waals surface area contributed by atoms with Crippen LogP contribution in [0.15, 0.2) is 0 Å². The van der Waals surface area contributed by atoms with Crippen molar-refractivity contribution in [1.82, 2.24) is 0 Å². The van der Waals surface area contributed by atoms with Gasteiger partial charge in [-0.2, -0.15) is 0 Å². The lowest BCUT2D eigenvalue weighted by atomic mass is 9.91. The molecule has 0 atom stereocenters. The Morgan fingerprint density at radius 1 is 0.714 bits per heavy atom. The lowest BCUT2D eigenvalue weighted by molar-refractivity contribution is 0.373. The van der Waals surface area contributed by atoms with Crippen LogP contribution in [0.2, 0.25) is 0 Å². The van der Waals surface area contributed by atoms with Crippen LogP contribution >= 0.6 is 0 Å². The maximum Gasteiger partial charge on any atom is -0.0383 e. The van der Waals surface area contributed by atoms with E-state index in [-0.39, 0.29) is 0 Å². The summed E-state index contributed by atoms with van der Waals surface area (Å²) in [7, 11) is 0. The second-order valence-corrected chi connectivity index (χ2v) is 6.31. The van der Waals surface area contributed by atoms with E-state index in [4.69, 9.17) is 0 Å². The molecule has 0 heteroatoms. The number of rotatable bonds is 1. The van der Waals surface area contributed by atoms with Gasteiger partial charge in [-0.3, -0.25) is 0 Å². The lowest BCUT2D eigenvalue weighted by Gasteiger charge is -2.15. The lowest BCUT2D eigenvalue weighted by Crippen LogP contribution is -2.02. The molecule has 14 heavy (non-hydrogen) atoms. The monoisotopic (exact) mass is 202 g/mol. The molecule has 0 amide bonds. The third kappa shape index (κ3) is 90.8. The molecule has 0 bridgehead atoms. The predicted octanol–water partition coefficient (Wildman–Crippen LogP) is 5.91. The molecule has 0 saturated heterocycles. The van der Waals surface area contributed by atoms with Crippen molar-refractivity contribution in [3.63, 3.8) is 0 Å². The van der Waals surface area contributed by atoms with Crippen molar-refractivity contribution >= 4 is 0 Å². The fraction of sp³-hybridized carbons (Fsp3) is 1.00. The Bertz CT molecular complexity index is 81.6. The molecule has 0 rings (SSSR count). The highest BCUT2D eigenvalue weighted by Crippen LogP contribution is 2.19. The zero-order chi connectivity index (χ0) is 12.4. The van der Waals surface area contributed by atoms with Gasteiger partial charge in [0.05, 0.1) is 0 Å². The molecule has 0 spiro atoms. The minimum Gasteiger partial charge on any atom is -0.0683 e. The van der Waals surface area contributed by atoms with Gasteiger partial charge in [-0.15, -0.1) is 0 Å². The standard InChI is InChI=1S/C7H16.C5H12.C2H6/c1-5-6-7(2,3)4;1-5(2,3)4;1-2/h5-6H2,1-4H3;1-4H3;1-2H3. The Hall–Kier alpha value is 0. The second-order valence-electron chi connectivity index (χ2n) is 6.31. The van der Waals surface area contributed by atoms with E-state index in [1.165, 1.54) is 12.8 Å². The van der Waals surface area contributed by atoms with Gasteiger partial charge in [0.1, 0.15) is 0 Å². The Kier molecular flexibility index (Phi) is 13.3. The van der Waals surface area contributed by atoms with E-state index in [0.29, 0.717) is 10.8 Å². The minimum absolute atomic E-state index is 0.500. The van der Waals surface area contributed by atoms with Crippen LogP contribution in [0.5, 0.6) is 0 Å². The van der Waals surface area contributed by atoms with Crippen molar-refractivity contribution in [3.05, 3.63) is 0 Å². The van der Waals surface area contributed by atoms with Gasteiger partial charge in [0, 0.05) is 0 Å². The summed E-state index contributed by atoms with van der Waals surface area (Å²) in [4.78, 5) is 0. The minimum atomic E-state index is 0.500. The molecule has 0 aliphatic rings. The molecule has 0 aromatic rings. The fourth-order valence-electron chi connectivity index (χ4n) is 0.750. The topological polar surface area (TPSA) is 0 Å². The molecule has 0 aliphatic carbocycles. The van der Waals surface area contributed by atoms with Crippen LogP contribution in [0, 0.1) is 10.8 Å². The largest absolute Gasteiger partial charge is 0.0683 e. The van der Waals surface area contributed by atoms with E-state index in [1.54, 1.807) is 0 Å². The molecule has 0 aromatic carbocycles. The third-order valence-electron chi connectivity index (χ3n) is 1.000. The van der Waals surface area contributed by atoms with Crippen molar-refractivity contribution in [1.29, 1.82) is 0 Å². The molecule has 0 aromatic heterocycles. The molecule has 0 heterocycles. The first-order valence-corrected chi connectivity index (χ1v) is 6.06. The Morgan fingerprint density at radius 2 is 0.929 bits per heavy atom. The van der Waals surface area contributed by atoms with Crippen LogP contribution in [0.4, 0.5) is 0 Å². The summed E-state index contributed by atoms with van der Waals surface area (Å²) in [6, 6.07) is 0. The van der Waals surface area contributed by atoms with Crippen molar-refractivity contribution < 1.29 is 0 Å². The third-order valence-corrected chi connectivity index (χ3v) is 1.000. The van der Waals surface area contributed by atoms with Crippen LogP contribution in [0.1, 0.15) is 82.1 Å². The summed E-state index contributed by atoms with van der Waals surface area (Å²) in [6.07, 6.45) is 2.65. The quantitative estimate of drug-likeness (QED) is 0.496. The molecule has 0 unspecified atom stereocenters. The first kappa shape index (κ1) is 19.6. The van der Waals surface area contributed by atoms with Gasteiger partial charge >= 0.3 is 0 Å². The van der Waals surface area contributed by atoms with Crippen LogP contribution < -0.4 is 0 Å². The predicted molar refractivity (Wildman–Crippen MR) is 70.8 cm³/mol. The highest BCUT2D eigenvalue weighted by molar-refractivity contribution is 4.58. The number of hydrogen-bond donors (Lipinski definition) is 0. The van der Waals surface area contributed by atoms with Gasteiger partial charge in [0.15, 0.2) is 0 Å². The molecule has 0 N–H and O–H groups in total. The zero-order valence-electron chi connectivity index (χ0n) is 12.4. The van der Waals surface area contributed by atoms with Gasteiger partial charge in [-0.1, -0.05) is 75.7 Å². The molecular weight excluding hydrogens is 168 g/mol. The summed E-state index contributed by atoms with van der Waals surface area (Å²) in [5.41, 5.74) is 1.05. The second kappa shape index (κ2) is 9.55. The number of hydrogen-bond acceptors (Lipinski definition) is 0. The van der Waals surface area contributed by atoms with Crippen molar-refractivity contribution in [2.75, 3.05) is 0 Å². The maximum absolute atomic E-state index is 2.27. The zero-order valence-corrected chi connectivity index (χ0v) is 12.4. The summed E-state index contributed by atoms with van der Waals surface area (Å²) in [6.45, 7) is 21.8. The van der Waals surface area contributed by atoms with Gasteiger partial charge in [-0.25, -0.2) is 0 Å². The van der Waals surface area contributed by atoms with Crippen molar-refractivity contribution in [3.8, 4) is 0 Å². The molecule has 0 fully saturated rings. The van der Waals surface area contributed by atoms with Gasteiger partial charge in [0.2, 0.25) is 0 Å². The first-order valence-electron chi connectivity index (χ1n) is 6.06. The van der Waals surface area contributed by atoms with Crippen molar-refractivity contribution in [2.45, 2.75) is 82.1 Å². The first-order chi connectivity index (χ1) is 6.06. The normalized spacial score (nSPS) is 10.7.